The van der Waals surface area contributed by atoms with E-state index in [9.17, 15) is 0 Å². The number of hydrogen-bond donors (Lipinski definition) is 3. The second-order valence-corrected chi connectivity index (χ2v) is 9.85. The standard InChI is InChI=1S/C23H29Cl2N7/c24-15-6-5-14(19(25)11-15)12-27-21-20-22(32(13-28-20)18-3-1-2-4-18)31-23(30-21)29-17-9-7-16(26)8-10-17/h5-6,11,13,16-18H,1-4,7-10,12,26H2,(H2,27,29,30,31)/t16-,17-. The second kappa shape index (κ2) is 9.41. The molecule has 170 valence electrons. The monoisotopic (exact) mass is 473 g/mol. The molecule has 2 saturated carbocycles. The van der Waals surface area contributed by atoms with Gasteiger partial charge in [0.2, 0.25) is 5.95 Å². The molecule has 9 heteroatoms. The molecule has 0 spiro atoms. The minimum atomic E-state index is 0.307. The zero-order chi connectivity index (χ0) is 22.1. The molecule has 0 unspecified atom stereocenters. The molecule has 0 atom stereocenters. The Labute approximate surface area is 198 Å². The van der Waals surface area contributed by atoms with E-state index >= 15 is 0 Å². The molecule has 2 fully saturated rings. The van der Waals surface area contributed by atoms with E-state index in [1.807, 2.05) is 18.5 Å². The maximum absolute atomic E-state index is 6.38. The molecule has 3 aromatic rings. The fourth-order valence-electron chi connectivity index (χ4n) is 4.84. The molecule has 2 aliphatic carbocycles. The third kappa shape index (κ3) is 4.65. The van der Waals surface area contributed by atoms with Crippen LogP contribution in [0, 0.1) is 0 Å². The van der Waals surface area contributed by atoms with E-state index in [0.29, 0.717) is 46.5 Å². The van der Waals surface area contributed by atoms with Crippen LogP contribution in [0.5, 0.6) is 0 Å². The summed E-state index contributed by atoms with van der Waals surface area (Å²) < 4.78 is 2.23. The van der Waals surface area contributed by atoms with E-state index in [1.54, 1.807) is 6.07 Å². The van der Waals surface area contributed by atoms with Crippen molar-refractivity contribution in [1.29, 1.82) is 0 Å². The Morgan fingerprint density at radius 1 is 1.03 bits per heavy atom. The fourth-order valence-corrected chi connectivity index (χ4v) is 5.32. The van der Waals surface area contributed by atoms with E-state index in [0.717, 1.165) is 42.4 Å². The zero-order valence-electron chi connectivity index (χ0n) is 18.0. The number of nitrogens with one attached hydrogen (secondary N) is 2. The van der Waals surface area contributed by atoms with Crippen molar-refractivity contribution in [2.24, 2.45) is 5.73 Å². The van der Waals surface area contributed by atoms with Gasteiger partial charge >= 0.3 is 0 Å². The maximum atomic E-state index is 6.38. The van der Waals surface area contributed by atoms with Gasteiger partial charge in [0, 0.05) is 34.7 Å². The molecule has 7 nitrogen and oxygen atoms in total. The predicted molar refractivity (Wildman–Crippen MR) is 130 cm³/mol. The molecule has 2 heterocycles. The molecular formula is C23H29Cl2N7. The van der Waals surface area contributed by atoms with Crippen molar-refractivity contribution in [2.75, 3.05) is 10.6 Å². The summed E-state index contributed by atoms with van der Waals surface area (Å²) in [7, 11) is 0. The minimum Gasteiger partial charge on any atom is -0.364 e. The number of imidazole rings is 1. The maximum Gasteiger partial charge on any atom is 0.227 e. The lowest BCUT2D eigenvalue weighted by Crippen LogP contribution is -2.33. The summed E-state index contributed by atoms with van der Waals surface area (Å²) in [6, 6.07) is 6.63. The summed E-state index contributed by atoms with van der Waals surface area (Å²) in [5.41, 5.74) is 8.71. The van der Waals surface area contributed by atoms with Crippen LogP contribution in [0.4, 0.5) is 11.8 Å². The van der Waals surface area contributed by atoms with Gasteiger partial charge in [0.1, 0.15) is 0 Å². The molecule has 0 amide bonds. The summed E-state index contributed by atoms with van der Waals surface area (Å²) in [6.45, 7) is 0.524. The van der Waals surface area contributed by atoms with Gasteiger partial charge in [-0.25, -0.2) is 4.98 Å². The molecule has 4 N–H and O–H groups in total. The average molecular weight is 474 g/mol. The number of anilines is 2. The number of rotatable bonds is 6. The Kier molecular flexibility index (Phi) is 6.40. The third-order valence-electron chi connectivity index (χ3n) is 6.71. The van der Waals surface area contributed by atoms with Gasteiger partial charge < -0.3 is 20.9 Å². The number of fused-ring (bicyclic) bond motifs is 1. The Balaban J connectivity index is 1.45. The van der Waals surface area contributed by atoms with Crippen LogP contribution in [0.25, 0.3) is 11.2 Å². The Bertz CT molecular complexity index is 1090. The van der Waals surface area contributed by atoms with Crippen LogP contribution in [-0.4, -0.2) is 31.6 Å². The largest absolute Gasteiger partial charge is 0.364 e. The number of nitrogens with zero attached hydrogens (tertiary/aromatic N) is 4. The summed E-state index contributed by atoms with van der Waals surface area (Å²) in [5, 5.41) is 8.25. The molecule has 0 saturated heterocycles. The molecule has 0 radical (unpaired) electrons. The van der Waals surface area contributed by atoms with Crippen molar-refractivity contribution in [2.45, 2.75) is 76.0 Å². The van der Waals surface area contributed by atoms with Gasteiger partial charge in [-0.1, -0.05) is 42.1 Å². The average Bonchev–Trinajstić information content (AvgIpc) is 3.44. The van der Waals surface area contributed by atoms with Crippen molar-refractivity contribution in [3.63, 3.8) is 0 Å². The number of nitrogens with two attached hydrogens (primary N) is 1. The van der Waals surface area contributed by atoms with Gasteiger partial charge in [-0.3, -0.25) is 0 Å². The highest BCUT2D eigenvalue weighted by Crippen LogP contribution is 2.33. The summed E-state index contributed by atoms with van der Waals surface area (Å²) >= 11 is 12.4. The Morgan fingerprint density at radius 2 is 1.81 bits per heavy atom. The summed E-state index contributed by atoms with van der Waals surface area (Å²) in [5.74, 6) is 1.36. The number of benzene rings is 1. The first kappa shape index (κ1) is 21.7. The van der Waals surface area contributed by atoms with Gasteiger partial charge in [-0.05, 0) is 56.2 Å². The highest BCUT2D eigenvalue weighted by Gasteiger charge is 2.24. The molecule has 5 rings (SSSR count). The normalized spacial score (nSPS) is 21.8. The van der Waals surface area contributed by atoms with Crippen molar-refractivity contribution in [1.82, 2.24) is 19.5 Å². The number of hydrogen-bond acceptors (Lipinski definition) is 6. The molecule has 32 heavy (non-hydrogen) atoms. The van der Waals surface area contributed by atoms with E-state index in [1.165, 1.54) is 25.7 Å². The van der Waals surface area contributed by atoms with E-state index in [2.05, 4.69) is 20.2 Å². The third-order valence-corrected chi connectivity index (χ3v) is 7.29. The number of aromatic nitrogens is 4. The van der Waals surface area contributed by atoms with Gasteiger partial charge in [-0.15, -0.1) is 0 Å². The minimum absolute atomic E-state index is 0.307. The lowest BCUT2D eigenvalue weighted by atomic mass is 9.92. The van der Waals surface area contributed by atoms with Crippen LogP contribution < -0.4 is 16.4 Å². The first-order valence-corrected chi connectivity index (χ1v) is 12.3. The van der Waals surface area contributed by atoms with Crippen LogP contribution in [0.1, 0.15) is 63.0 Å². The molecule has 0 aliphatic heterocycles. The van der Waals surface area contributed by atoms with Crippen molar-refractivity contribution < 1.29 is 0 Å². The van der Waals surface area contributed by atoms with Crippen LogP contribution >= 0.6 is 23.2 Å². The Morgan fingerprint density at radius 3 is 2.56 bits per heavy atom. The van der Waals surface area contributed by atoms with E-state index in [-0.39, 0.29) is 0 Å². The number of halogens is 2. The smallest absolute Gasteiger partial charge is 0.227 e. The predicted octanol–water partition coefficient (Wildman–Crippen LogP) is 5.54. The quantitative estimate of drug-likeness (QED) is 0.434. The lowest BCUT2D eigenvalue weighted by molar-refractivity contribution is 0.410. The fraction of sp³-hybridized carbons (Fsp3) is 0.522. The SMILES string of the molecule is N[C@H]1CC[C@H](Nc2nc(NCc3ccc(Cl)cc3Cl)c3ncn(C4CCCC4)c3n2)CC1. The topological polar surface area (TPSA) is 93.7 Å². The van der Waals surface area contributed by atoms with Gasteiger partial charge in [0.25, 0.3) is 0 Å². The van der Waals surface area contributed by atoms with E-state index < -0.39 is 0 Å². The van der Waals surface area contributed by atoms with Crippen molar-refractivity contribution in [3.8, 4) is 0 Å². The summed E-state index contributed by atoms with van der Waals surface area (Å²) in [4.78, 5) is 14.4. The highest BCUT2D eigenvalue weighted by molar-refractivity contribution is 6.35. The highest BCUT2D eigenvalue weighted by atomic mass is 35.5. The van der Waals surface area contributed by atoms with Crippen LogP contribution in [0.15, 0.2) is 24.5 Å². The molecule has 1 aromatic carbocycles. The second-order valence-electron chi connectivity index (χ2n) is 9.00. The van der Waals surface area contributed by atoms with Crippen LogP contribution in [0.2, 0.25) is 10.0 Å². The van der Waals surface area contributed by atoms with E-state index in [4.69, 9.17) is 38.9 Å². The first-order chi connectivity index (χ1) is 15.6. The Hall–Kier alpha value is -2.09. The lowest BCUT2D eigenvalue weighted by Gasteiger charge is -2.27. The van der Waals surface area contributed by atoms with Gasteiger partial charge in [-0.2, -0.15) is 9.97 Å². The van der Waals surface area contributed by atoms with Gasteiger partial charge in [0.05, 0.1) is 6.33 Å². The van der Waals surface area contributed by atoms with Crippen molar-refractivity contribution >= 4 is 46.1 Å². The van der Waals surface area contributed by atoms with Crippen LogP contribution in [-0.2, 0) is 6.54 Å². The van der Waals surface area contributed by atoms with Crippen LogP contribution in [0.3, 0.4) is 0 Å². The molecule has 0 bridgehead atoms. The van der Waals surface area contributed by atoms with Gasteiger partial charge in [0.15, 0.2) is 17.0 Å². The van der Waals surface area contributed by atoms with Crippen molar-refractivity contribution in [3.05, 3.63) is 40.1 Å². The molecular weight excluding hydrogens is 445 g/mol. The molecule has 2 aromatic heterocycles. The summed E-state index contributed by atoms with van der Waals surface area (Å²) in [6.07, 6.45) is 10.9. The zero-order valence-corrected chi connectivity index (χ0v) is 19.5. The molecule has 2 aliphatic rings. The first-order valence-electron chi connectivity index (χ1n) is 11.5.